The second-order valence-corrected chi connectivity index (χ2v) is 9.07. The molecule has 2 atom stereocenters. The zero-order valence-corrected chi connectivity index (χ0v) is 16.0. The first-order valence-electron chi connectivity index (χ1n) is 8.73. The number of aryl methyl sites for hydroxylation is 1. The summed E-state index contributed by atoms with van der Waals surface area (Å²) in [7, 11) is -3.52. The first-order chi connectivity index (χ1) is 12.3. The highest BCUT2D eigenvalue weighted by Gasteiger charge is 2.31. The molecule has 1 N–H and O–H groups in total. The lowest BCUT2D eigenvalue weighted by atomic mass is 9.94. The lowest BCUT2D eigenvalue weighted by Gasteiger charge is -2.34. The minimum absolute atomic E-state index is 0.247. The van der Waals surface area contributed by atoms with Crippen molar-refractivity contribution in [2.24, 2.45) is 11.8 Å². The first kappa shape index (κ1) is 18.7. The fraction of sp³-hybridized carbons (Fsp3) is 0.421. The molecule has 1 aliphatic rings. The molecule has 0 bridgehead atoms. The number of hydrogen-bond acceptors (Lipinski definition) is 4. The summed E-state index contributed by atoms with van der Waals surface area (Å²) >= 11 is 0. The molecule has 0 aliphatic carbocycles. The van der Waals surface area contributed by atoms with Crippen LogP contribution in [0.2, 0.25) is 0 Å². The molecule has 1 saturated heterocycles. The number of amides is 1. The van der Waals surface area contributed by atoms with Gasteiger partial charge in [0.2, 0.25) is 10.0 Å². The number of benzene rings is 1. The van der Waals surface area contributed by atoms with E-state index in [1.54, 1.807) is 29.4 Å². The van der Waals surface area contributed by atoms with Gasteiger partial charge in [0.1, 0.15) is 5.76 Å². The number of nitrogens with one attached hydrogen (secondary N) is 1. The summed E-state index contributed by atoms with van der Waals surface area (Å²) in [4.78, 5) is 12.4. The van der Waals surface area contributed by atoms with Crippen LogP contribution < -0.4 is 5.32 Å². The third kappa shape index (κ3) is 3.83. The van der Waals surface area contributed by atoms with Gasteiger partial charge in [-0.25, -0.2) is 8.42 Å². The summed E-state index contributed by atoms with van der Waals surface area (Å²) in [5.41, 5.74) is 0.993. The van der Waals surface area contributed by atoms with Crippen LogP contribution in [0.25, 0.3) is 0 Å². The van der Waals surface area contributed by atoms with Gasteiger partial charge in [-0.1, -0.05) is 13.8 Å². The molecule has 1 amide bonds. The topological polar surface area (TPSA) is 79.6 Å². The van der Waals surface area contributed by atoms with Crippen molar-refractivity contribution in [1.29, 1.82) is 0 Å². The molecule has 7 heteroatoms. The second-order valence-electron chi connectivity index (χ2n) is 7.14. The van der Waals surface area contributed by atoms with Crippen molar-refractivity contribution in [2.75, 3.05) is 18.4 Å². The molecule has 3 rings (SSSR count). The van der Waals surface area contributed by atoms with E-state index < -0.39 is 10.0 Å². The predicted molar refractivity (Wildman–Crippen MR) is 99.5 cm³/mol. The highest BCUT2D eigenvalue weighted by atomic mass is 32.2. The van der Waals surface area contributed by atoms with Crippen LogP contribution in [0.15, 0.2) is 45.9 Å². The van der Waals surface area contributed by atoms with E-state index in [4.69, 9.17) is 4.42 Å². The minimum atomic E-state index is -3.52. The molecule has 1 aromatic carbocycles. The van der Waals surface area contributed by atoms with Gasteiger partial charge >= 0.3 is 0 Å². The molecule has 0 radical (unpaired) electrons. The molecule has 1 fully saturated rings. The Kier molecular flexibility index (Phi) is 5.20. The van der Waals surface area contributed by atoms with Gasteiger partial charge in [-0.05, 0) is 55.5 Å². The van der Waals surface area contributed by atoms with Gasteiger partial charge in [0.05, 0.1) is 16.7 Å². The van der Waals surface area contributed by atoms with Crippen molar-refractivity contribution in [3.63, 3.8) is 0 Å². The van der Waals surface area contributed by atoms with E-state index >= 15 is 0 Å². The third-order valence-electron chi connectivity index (χ3n) is 4.69. The molecule has 140 valence electrons. The van der Waals surface area contributed by atoms with Crippen molar-refractivity contribution in [1.82, 2.24) is 4.31 Å². The summed E-state index contributed by atoms with van der Waals surface area (Å²) in [5.74, 6) is 0.955. The summed E-state index contributed by atoms with van der Waals surface area (Å²) in [6.07, 6.45) is 2.50. The summed E-state index contributed by atoms with van der Waals surface area (Å²) in [6.45, 7) is 6.96. The Labute approximate surface area is 154 Å². The van der Waals surface area contributed by atoms with E-state index in [0.717, 1.165) is 6.42 Å². The summed E-state index contributed by atoms with van der Waals surface area (Å²) in [5, 5.41) is 2.75. The van der Waals surface area contributed by atoms with Gasteiger partial charge in [0, 0.05) is 18.8 Å². The van der Waals surface area contributed by atoms with Crippen molar-refractivity contribution in [3.05, 3.63) is 47.9 Å². The van der Waals surface area contributed by atoms with Crippen molar-refractivity contribution >= 4 is 21.6 Å². The highest BCUT2D eigenvalue weighted by Crippen LogP contribution is 2.27. The van der Waals surface area contributed by atoms with Gasteiger partial charge in [0.15, 0.2) is 0 Å². The Bertz CT molecular complexity index is 877. The standard InChI is InChI=1S/C19H24N2O4S/c1-13-10-14(2)12-21(11-13)26(23,24)17-6-4-16(5-7-17)20-19(22)18-8-9-25-15(18)3/h4-9,13-14H,10-12H2,1-3H3,(H,20,22)/t13-,14-/m0/s1. The molecule has 0 unspecified atom stereocenters. The van der Waals surface area contributed by atoms with E-state index in [0.29, 0.717) is 41.9 Å². The van der Waals surface area contributed by atoms with E-state index in [2.05, 4.69) is 19.2 Å². The van der Waals surface area contributed by atoms with Crippen molar-refractivity contribution in [2.45, 2.75) is 32.1 Å². The van der Waals surface area contributed by atoms with Gasteiger partial charge in [-0.15, -0.1) is 0 Å². The number of piperidine rings is 1. The van der Waals surface area contributed by atoms with Gasteiger partial charge in [-0.2, -0.15) is 4.31 Å². The van der Waals surface area contributed by atoms with Crippen LogP contribution >= 0.6 is 0 Å². The molecule has 0 spiro atoms. The monoisotopic (exact) mass is 376 g/mol. The SMILES string of the molecule is Cc1occc1C(=O)Nc1ccc(S(=O)(=O)N2C[C@@H](C)C[C@H](C)C2)cc1. The zero-order valence-electron chi connectivity index (χ0n) is 15.2. The van der Waals surface area contributed by atoms with Crippen molar-refractivity contribution < 1.29 is 17.6 Å². The number of carbonyl (C=O) groups is 1. The fourth-order valence-electron chi connectivity index (χ4n) is 3.48. The number of anilines is 1. The minimum Gasteiger partial charge on any atom is -0.469 e. The third-order valence-corrected chi connectivity index (χ3v) is 6.53. The molecule has 2 heterocycles. The van der Waals surface area contributed by atoms with Crippen LogP contribution in [0, 0.1) is 18.8 Å². The number of furan rings is 1. The average Bonchev–Trinajstić information content (AvgIpc) is 3.00. The van der Waals surface area contributed by atoms with Crippen molar-refractivity contribution in [3.8, 4) is 0 Å². The molecule has 26 heavy (non-hydrogen) atoms. The Morgan fingerprint density at radius 2 is 1.73 bits per heavy atom. The number of nitrogens with zero attached hydrogens (tertiary/aromatic N) is 1. The predicted octanol–water partition coefficient (Wildman–Crippen LogP) is 3.51. The maximum absolute atomic E-state index is 12.9. The molecule has 6 nitrogen and oxygen atoms in total. The van der Waals surface area contributed by atoms with Crippen LogP contribution in [0.5, 0.6) is 0 Å². The van der Waals surface area contributed by atoms with E-state index in [9.17, 15) is 13.2 Å². The Balaban J connectivity index is 1.74. The van der Waals surface area contributed by atoms with Crippen LogP contribution in [0.3, 0.4) is 0 Å². The molecule has 2 aromatic rings. The molecular weight excluding hydrogens is 352 g/mol. The quantitative estimate of drug-likeness (QED) is 0.886. The smallest absolute Gasteiger partial charge is 0.259 e. The largest absolute Gasteiger partial charge is 0.469 e. The van der Waals surface area contributed by atoms with E-state index in [1.165, 1.54) is 18.4 Å². The Morgan fingerprint density at radius 3 is 2.27 bits per heavy atom. The number of hydrogen-bond donors (Lipinski definition) is 1. The number of rotatable bonds is 4. The zero-order chi connectivity index (χ0) is 18.9. The lowest BCUT2D eigenvalue weighted by Crippen LogP contribution is -2.42. The maximum atomic E-state index is 12.9. The maximum Gasteiger partial charge on any atom is 0.259 e. The molecule has 1 aromatic heterocycles. The Hall–Kier alpha value is -2.12. The fourth-order valence-corrected chi connectivity index (χ4v) is 5.16. The van der Waals surface area contributed by atoms with Crippen LogP contribution in [-0.4, -0.2) is 31.7 Å². The first-order valence-corrected chi connectivity index (χ1v) is 10.2. The second kappa shape index (κ2) is 7.25. The number of carbonyl (C=O) groups excluding carboxylic acids is 1. The number of sulfonamides is 1. The summed E-state index contributed by atoms with van der Waals surface area (Å²) in [6, 6.07) is 7.89. The molecule has 1 aliphatic heterocycles. The lowest BCUT2D eigenvalue weighted by molar-refractivity contribution is 0.102. The normalized spacial score (nSPS) is 21.5. The van der Waals surface area contributed by atoms with E-state index in [1.807, 2.05) is 0 Å². The van der Waals surface area contributed by atoms with E-state index in [-0.39, 0.29) is 10.8 Å². The Morgan fingerprint density at radius 1 is 1.12 bits per heavy atom. The van der Waals surface area contributed by atoms with Crippen LogP contribution in [-0.2, 0) is 10.0 Å². The molecular formula is C19H24N2O4S. The highest BCUT2D eigenvalue weighted by molar-refractivity contribution is 7.89. The van der Waals surface area contributed by atoms with Gasteiger partial charge in [-0.3, -0.25) is 4.79 Å². The van der Waals surface area contributed by atoms with Crippen LogP contribution in [0.4, 0.5) is 5.69 Å². The van der Waals surface area contributed by atoms with Gasteiger partial charge in [0.25, 0.3) is 5.91 Å². The summed E-state index contributed by atoms with van der Waals surface area (Å²) < 4.78 is 32.4. The van der Waals surface area contributed by atoms with Crippen LogP contribution in [0.1, 0.15) is 36.4 Å². The average molecular weight is 376 g/mol. The molecule has 0 saturated carbocycles. The van der Waals surface area contributed by atoms with Gasteiger partial charge < -0.3 is 9.73 Å².